The van der Waals surface area contributed by atoms with Crippen molar-refractivity contribution >= 4 is 27.5 Å². The fraction of sp³-hybridized carbons (Fsp3) is 0.435. The number of hydrogen-bond donors (Lipinski definition) is 1. The molecule has 1 N–H and O–H groups in total. The van der Waals surface area contributed by atoms with Gasteiger partial charge in [-0.25, -0.2) is 4.98 Å². The zero-order valence-electron chi connectivity index (χ0n) is 17.1. The summed E-state index contributed by atoms with van der Waals surface area (Å²) in [6.45, 7) is 1.29. The molecule has 5 rings (SSSR count). The van der Waals surface area contributed by atoms with Gasteiger partial charge in [-0.1, -0.05) is 12.1 Å². The Morgan fingerprint density at radius 2 is 2.20 bits per heavy atom. The predicted octanol–water partition coefficient (Wildman–Crippen LogP) is 3.43. The Kier molecular flexibility index (Phi) is 5.06. The molecule has 3 aromatic rings. The van der Waals surface area contributed by atoms with Gasteiger partial charge in [-0.3, -0.25) is 9.59 Å². The summed E-state index contributed by atoms with van der Waals surface area (Å²) in [4.78, 5) is 37.6. The van der Waals surface area contributed by atoms with Crippen molar-refractivity contribution in [2.24, 2.45) is 0 Å². The number of rotatable bonds is 4. The molecule has 7 heteroatoms. The first-order valence-electron chi connectivity index (χ1n) is 10.6. The first kappa shape index (κ1) is 19.3. The van der Waals surface area contributed by atoms with Crippen molar-refractivity contribution in [3.05, 3.63) is 56.4 Å². The number of carbonyl (C=O) groups excluding carboxylic acids is 1. The maximum Gasteiger partial charge on any atom is 0.259 e. The Labute approximate surface area is 178 Å². The monoisotopic (exact) mass is 423 g/mol. The van der Waals surface area contributed by atoms with E-state index in [1.807, 2.05) is 29.2 Å². The number of amides is 1. The van der Waals surface area contributed by atoms with Crippen molar-refractivity contribution < 1.29 is 9.53 Å². The number of aromatic amines is 1. The van der Waals surface area contributed by atoms with Gasteiger partial charge in [-0.2, -0.15) is 0 Å². The molecule has 3 heterocycles. The maximum absolute atomic E-state index is 12.8. The fourth-order valence-corrected chi connectivity index (χ4v) is 5.92. The highest BCUT2D eigenvalue weighted by molar-refractivity contribution is 7.18. The van der Waals surface area contributed by atoms with E-state index < -0.39 is 0 Å². The highest BCUT2D eigenvalue weighted by Crippen LogP contribution is 2.34. The van der Waals surface area contributed by atoms with Gasteiger partial charge in [-0.15, -0.1) is 11.3 Å². The van der Waals surface area contributed by atoms with Gasteiger partial charge < -0.3 is 14.6 Å². The van der Waals surface area contributed by atoms with E-state index in [9.17, 15) is 9.59 Å². The van der Waals surface area contributed by atoms with Crippen molar-refractivity contribution in [3.63, 3.8) is 0 Å². The third-order valence-corrected chi connectivity index (χ3v) is 7.45. The van der Waals surface area contributed by atoms with E-state index in [2.05, 4.69) is 4.98 Å². The molecule has 1 fully saturated rings. The standard InChI is InChI=1S/C23H25N3O3S/c1-29-16-6-4-5-14(11-16)12-19(27)26-10-9-15(13-26)21-24-22(28)20-17-7-2-3-8-18(17)30-23(20)25-21/h4-6,11,15H,2-3,7-10,12-13H2,1H3,(H,24,25,28). The molecule has 1 unspecified atom stereocenters. The molecule has 0 radical (unpaired) electrons. The average molecular weight is 424 g/mol. The van der Waals surface area contributed by atoms with E-state index in [-0.39, 0.29) is 17.4 Å². The minimum atomic E-state index is -0.0180. The summed E-state index contributed by atoms with van der Waals surface area (Å²) in [6, 6.07) is 7.62. The molecule has 2 aliphatic rings. The van der Waals surface area contributed by atoms with Crippen LogP contribution in [0.4, 0.5) is 0 Å². The number of benzene rings is 1. The molecule has 1 aliphatic heterocycles. The minimum absolute atomic E-state index is 0.0180. The fourth-order valence-electron chi connectivity index (χ4n) is 4.65. The van der Waals surface area contributed by atoms with Crippen LogP contribution in [0.15, 0.2) is 29.1 Å². The van der Waals surface area contributed by atoms with Crippen LogP contribution in [0.25, 0.3) is 10.2 Å². The Balaban J connectivity index is 1.33. The van der Waals surface area contributed by atoms with Crippen LogP contribution < -0.4 is 10.3 Å². The smallest absolute Gasteiger partial charge is 0.259 e. The summed E-state index contributed by atoms with van der Waals surface area (Å²) in [5, 5.41) is 0.794. The molecule has 0 spiro atoms. The number of fused-ring (bicyclic) bond motifs is 3. The number of H-pyrrole nitrogens is 1. The van der Waals surface area contributed by atoms with Crippen LogP contribution in [0.1, 0.15) is 47.0 Å². The van der Waals surface area contributed by atoms with Crippen molar-refractivity contribution in [1.29, 1.82) is 0 Å². The molecule has 0 bridgehead atoms. The van der Waals surface area contributed by atoms with Crippen LogP contribution in [0.2, 0.25) is 0 Å². The molecule has 0 saturated carbocycles. The number of ether oxygens (including phenoxy) is 1. The largest absolute Gasteiger partial charge is 0.497 e. The average Bonchev–Trinajstić information content (AvgIpc) is 3.39. The van der Waals surface area contributed by atoms with Gasteiger partial charge in [0, 0.05) is 23.9 Å². The number of hydrogen-bond acceptors (Lipinski definition) is 5. The summed E-state index contributed by atoms with van der Waals surface area (Å²) in [6.07, 6.45) is 5.55. The van der Waals surface area contributed by atoms with Crippen LogP contribution >= 0.6 is 11.3 Å². The molecule has 1 aromatic carbocycles. The predicted molar refractivity (Wildman–Crippen MR) is 118 cm³/mol. The molecule has 2 aromatic heterocycles. The van der Waals surface area contributed by atoms with E-state index in [4.69, 9.17) is 9.72 Å². The highest BCUT2D eigenvalue weighted by Gasteiger charge is 2.30. The van der Waals surface area contributed by atoms with Gasteiger partial charge in [0.2, 0.25) is 5.91 Å². The Morgan fingerprint density at radius 3 is 3.07 bits per heavy atom. The number of thiophene rings is 1. The van der Waals surface area contributed by atoms with Crippen LogP contribution in [-0.4, -0.2) is 41.0 Å². The second kappa shape index (κ2) is 7.87. The normalized spacial score (nSPS) is 18.6. The van der Waals surface area contributed by atoms with E-state index in [1.165, 1.54) is 16.9 Å². The molecule has 1 saturated heterocycles. The number of nitrogens with one attached hydrogen (secondary N) is 1. The van der Waals surface area contributed by atoms with E-state index in [0.717, 1.165) is 53.0 Å². The van der Waals surface area contributed by atoms with Gasteiger partial charge in [-0.05, 0) is 55.4 Å². The first-order valence-corrected chi connectivity index (χ1v) is 11.4. The Morgan fingerprint density at radius 1 is 1.33 bits per heavy atom. The van der Waals surface area contributed by atoms with E-state index in [0.29, 0.717) is 19.5 Å². The summed E-state index contributed by atoms with van der Waals surface area (Å²) in [5.41, 5.74) is 2.14. The summed E-state index contributed by atoms with van der Waals surface area (Å²) in [5.74, 6) is 1.66. The maximum atomic E-state index is 12.8. The third-order valence-electron chi connectivity index (χ3n) is 6.26. The van der Waals surface area contributed by atoms with Crippen LogP contribution in [0, 0.1) is 0 Å². The molecule has 1 atom stereocenters. The Hall–Kier alpha value is -2.67. The lowest BCUT2D eigenvalue weighted by molar-refractivity contribution is -0.129. The molecule has 30 heavy (non-hydrogen) atoms. The van der Waals surface area contributed by atoms with Crippen molar-refractivity contribution in [3.8, 4) is 5.75 Å². The first-order chi connectivity index (χ1) is 14.6. The quantitative estimate of drug-likeness (QED) is 0.698. The number of nitrogens with zero attached hydrogens (tertiary/aromatic N) is 2. The summed E-state index contributed by atoms with van der Waals surface area (Å²) >= 11 is 1.68. The molecule has 1 aliphatic carbocycles. The SMILES string of the molecule is COc1cccc(CC(=O)N2CCC(c3nc4sc5c(c4c(=O)[nH]3)CCCC5)C2)c1. The minimum Gasteiger partial charge on any atom is -0.497 e. The zero-order chi connectivity index (χ0) is 20.7. The summed E-state index contributed by atoms with van der Waals surface area (Å²) in [7, 11) is 1.63. The van der Waals surface area contributed by atoms with Crippen LogP contribution in [0.5, 0.6) is 5.75 Å². The molecular weight excluding hydrogens is 398 g/mol. The van der Waals surface area contributed by atoms with E-state index >= 15 is 0 Å². The van der Waals surface area contributed by atoms with Crippen LogP contribution in [-0.2, 0) is 24.1 Å². The lowest BCUT2D eigenvalue weighted by Crippen LogP contribution is -2.30. The van der Waals surface area contributed by atoms with E-state index in [1.54, 1.807) is 18.4 Å². The zero-order valence-corrected chi connectivity index (χ0v) is 17.9. The van der Waals surface area contributed by atoms with Crippen molar-refractivity contribution in [2.45, 2.75) is 44.4 Å². The van der Waals surface area contributed by atoms with Gasteiger partial charge in [0.05, 0.1) is 18.9 Å². The second-order valence-electron chi connectivity index (χ2n) is 8.20. The summed E-state index contributed by atoms with van der Waals surface area (Å²) < 4.78 is 5.25. The van der Waals surface area contributed by atoms with Crippen LogP contribution in [0.3, 0.4) is 0 Å². The molecular formula is C23H25N3O3S. The van der Waals surface area contributed by atoms with Crippen molar-refractivity contribution in [2.75, 3.05) is 20.2 Å². The number of likely N-dealkylation sites (tertiary alicyclic amines) is 1. The Bertz CT molecular complexity index is 1170. The van der Waals surface area contributed by atoms with Crippen molar-refractivity contribution in [1.82, 2.24) is 14.9 Å². The lowest BCUT2D eigenvalue weighted by Gasteiger charge is -2.16. The van der Waals surface area contributed by atoms with Gasteiger partial charge in [0.15, 0.2) is 0 Å². The van der Waals surface area contributed by atoms with Gasteiger partial charge in [0.25, 0.3) is 5.56 Å². The topological polar surface area (TPSA) is 75.3 Å². The molecule has 156 valence electrons. The number of methoxy groups -OCH3 is 1. The third kappa shape index (κ3) is 3.51. The lowest BCUT2D eigenvalue weighted by atomic mass is 9.97. The van der Waals surface area contributed by atoms with Gasteiger partial charge >= 0.3 is 0 Å². The number of aromatic nitrogens is 2. The number of aryl methyl sites for hydroxylation is 2. The number of carbonyl (C=O) groups is 1. The molecule has 6 nitrogen and oxygen atoms in total. The highest BCUT2D eigenvalue weighted by atomic mass is 32.1. The molecule has 1 amide bonds. The second-order valence-corrected chi connectivity index (χ2v) is 9.28. The van der Waals surface area contributed by atoms with Gasteiger partial charge in [0.1, 0.15) is 16.4 Å².